The summed E-state index contributed by atoms with van der Waals surface area (Å²) in [6.07, 6.45) is 3.05. The van der Waals surface area contributed by atoms with Gasteiger partial charge in [-0.1, -0.05) is 0 Å². The maximum Gasteiger partial charge on any atom is 0.372 e. The maximum absolute atomic E-state index is 11.1. The van der Waals surface area contributed by atoms with E-state index in [1.54, 1.807) is 0 Å². The highest BCUT2D eigenvalue weighted by atomic mass is 16.6. The number of methoxy groups -OCH3 is 1. The Morgan fingerprint density at radius 3 is 3.00 bits per heavy atom. The van der Waals surface area contributed by atoms with E-state index in [0.29, 0.717) is 6.04 Å². The Hall–Kier alpha value is -1.96. The highest BCUT2D eigenvalue weighted by Crippen LogP contribution is 2.31. The van der Waals surface area contributed by atoms with Crippen molar-refractivity contribution in [3.63, 3.8) is 0 Å². The van der Waals surface area contributed by atoms with Crippen molar-refractivity contribution in [2.24, 2.45) is 0 Å². The molecule has 1 aliphatic rings. The van der Waals surface area contributed by atoms with Crippen LogP contribution >= 0.6 is 0 Å². The lowest BCUT2D eigenvalue weighted by Gasteiger charge is -2.28. The zero-order valence-electron chi connectivity index (χ0n) is 10.9. The first-order chi connectivity index (χ1) is 9.11. The van der Waals surface area contributed by atoms with Gasteiger partial charge in [0.05, 0.1) is 12.0 Å². The van der Waals surface area contributed by atoms with Gasteiger partial charge in [0.25, 0.3) is 5.88 Å². The Bertz CT molecular complexity index is 468. The van der Waals surface area contributed by atoms with E-state index in [0.717, 1.165) is 19.4 Å². The molecular weight excluding hydrogens is 250 g/mol. The van der Waals surface area contributed by atoms with Crippen LogP contribution in [-0.2, 0) is 0 Å². The van der Waals surface area contributed by atoms with Crippen LogP contribution < -0.4 is 15.4 Å². The fraction of sp³-hybridized carbons (Fsp3) is 0.636. The van der Waals surface area contributed by atoms with Crippen LogP contribution in [0.2, 0.25) is 0 Å². The second-order valence-electron chi connectivity index (χ2n) is 4.56. The number of nitro groups is 1. The molecule has 0 bridgehead atoms. The number of anilines is 1. The topological polar surface area (TPSA) is 102 Å². The van der Waals surface area contributed by atoms with Crippen LogP contribution in [0.25, 0.3) is 0 Å². The minimum Gasteiger partial charge on any atom is -0.476 e. The molecule has 2 unspecified atom stereocenters. The fourth-order valence-electron chi connectivity index (χ4n) is 2.24. The number of rotatable bonds is 4. The van der Waals surface area contributed by atoms with E-state index in [4.69, 9.17) is 4.74 Å². The first-order valence-electron chi connectivity index (χ1n) is 6.15. The molecule has 1 aliphatic heterocycles. The quantitative estimate of drug-likeness (QED) is 0.618. The zero-order chi connectivity index (χ0) is 13.8. The molecule has 1 saturated heterocycles. The number of hydrogen-bond acceptors (Lipinski definition) is 7. The van der Waals surface area contributed by atoms with Crippen molar-refractivity contribution >= 4 is 11.5 Å². The molecule has 1 aromatic rings. The molecule has 0 aromatic carbocycles. The van der Waals surface area contributed by atoms with Gasteiger partial charge in [-0.05, 0) is 26.3 Å². The Balaban J connectivity index is 2.21. The highest BCUT2D eigenvalue weighted by molar-refractivity contribution is 5.61. The Kier molecular flexibility index (Phi) is 4.10. The molecule has 19 heavy (non-hydrogen) atoms. The van der Waals surface area contributed by atoms with Gasteiger partial charge in [-0.15, -0.1) is 0 Å². The second-order valence-corrected chi connectivity index (χ2v) is 4.56. The molecule has 2 heterocycles. The molecule has 0 radical (unpaired) electrons. The first-order valence-corrected chi connectivity index (χ1v) is 6.15. The van der Waals surface area contributed by atoms with E-state index in [2.05, 4.69) is 27.5 Å². The molecule has 2 rings (SSSR count). The van der Waals surface area contributed by atoms with Crippen LogP contribution in [0.1, 0.15) is 19.8 Å². The van der Waals surface area contributed by atoms with Crippen LogP contribution in [0.15, 0.2) is 6.33 Å². The molecule has 0 amide bonds. The third-order valence-corrected chi connectivity index (χ3v) is 3.13. The summed E-state index contributed by atoms with van der Waals surface area (Å²) in [6.45, 7) is 2.97. The number of nitrogens with one attached hydrogen (secondary N) is 2. The second kappa shape index (κ2) is 5.79. The average molecular weight is 267 g/mol. The van der Waals surface area contributed by atoms with Gasteiger partial charge in [0.1, 0.15) is 6.33 Å². The van der Waals surface area contributed by atoms with Gasteiger partial charge in [0.2, 0.25) is 5.82 Å². The van der Waals surface area contributed by atoms with Gasteiger partial charge in [0, 0.05) is 12.1 Å². The standard InChI is InChI=1S/C11H17N5O3/c1-7-5-8(3-4-12-7)15-10-9(16(17)18)11(19-2)14-6-13-10/h6-8,12H,3-5H2,1-2H3,(H,13,14,15). The summed E-state index contributed by atoms with van der Waals surface area (Å²) >= 11 is 0. The van der Waals surface area contributed by atoms with Crippen molar-refractivity contribution in [2.75, 3.05) is 19.0 Å². The predicted octanol–water partition coefficient (Wildman–Crippen LogP) is 0.946. The van der Waals surface area contributed by atoms with E-state index in [-0.39, 0.29) is 23.4 Å². The van der Waals surface area contributed by atoms with E-state index < -0.39 is 4.92 Å². The smallest absolute Gasteiger partial charge is 0.372 e. The highest BCUT2D eigenvalue weighted by Gasteiger charge is 2.27. The van der Waals surface area contributed by atoms with Gasteiger partial charge < -0.3 is 15.4 Å². The molecule has 2 N–H and O–H groups in total. The lowest BCUT2D eigenvalue weighted by molar-refractivity contribution is -0.385. The van der Waals surface area contributed by atoms with Crippen LogP contribution in [0.3, 0.4) is 0 Å². The minimum atomic E-state index is -0.522. The van der Waals surface area contributed by atoms with E-state index in [9.17, 15) is 10.1 Å². The number of piperidine rings is 1. The number of aromatic nitrogens is 2. The normalized spacial score (nSPS) is 22.8. The molecule has 2 atom stereocenters. The molecule has 104 valence electrons. The largest absolute Gasteiger partial charge is 0.476 e. The summed E-state index contributed by atoms with van der Waals surface area (Å²) in [4.78, 5) is 18.3. The number of nitrogens with zero attached hydrogens (tertiary/aromatic N) is 3. The molecule has 1 aromatic heterocycles. The predicted molar refractivity (Wildman–Crippen MR) is 69.3 cm³/mol. The molecule has 0 saturated carbocycles. The first kappa shape index (κ1) is 13.5. The van der Waals surface area contributed by atoms with Gasteiger partial charge in [-0.2, -0.15) is 4.98 Å². The number of hydrogen-bond donors (Lipinski definition) is 2. The summed E-state index contributed by atoms with van der Waals surface area (Å²) in [5.74, 6) is 0.195. The van der Waals surface area contributed by atoms with Gasteiger partial charge in [-0.25, -0.2) is 4.98 Å². The summed E-state index contributed by atoms with van der Waals surface area (Å²) < 4.78 is 4.91. The minimum absolute atomic E-state index is 0.0236. The van der Waals surface area contributed by atoms with Gasteiger partial charge in [0.15, 0.2) is 0 Å². The summed E-state index contributed by atoms with van der Waals surface area (Å²) in [5, 5.41) is 17.6. The average Bonchev–Trinajstić information content (AvgIpc) is 2.38. The third kappa shape index (κ3) is 3.08. The third-order valence-electron chi connectivity index (χ3n) is 3.13. The van der Waals surface area contributed by atoms with E-state index in [1.807, 2.05) is 0 Å². The van der Waals surface area contributed by atoms with Crippen molar-refractivity contribution in [3.8, 4) is 5.88 Å². The molecule has 1 fully saturated rings. The summed E-state index contributed by atoms with van der Waals surface area (Å²) in [6, 6.07) is 0.545. The molecule has 8 heteroatoms. The molecule has 0 spiro atoms. The summed E-state index contributed by atoms with van der Waals surface area (Å²) in [7, 11) is 1.35. The van der Waals surface area contributed by atoms with Crippen LogP contribution in [0.5, 0.6) is 5.88 Å². The van der Waals surface area contributed by atoms with Crippen molar-refractivity contribution in [2.45, 2.75) is 31.8 Å². The van der Waals surface area contributed by atoms with Gasteiger partial charge >= 0.3 is 5.69 Å². The Morgan fingerprint density at radius 1 is 1.58 bits per heavy atom. The van der Waals surface area contributed by atoms with Crippen LogP contribution in [-0.4, -0.2) is 40.6 Å². The monoisotopic (exact) mass is 267 g/mol. The van der Waals surface area contributed by atoms with Crippen molar-refractivity contribution < 1.29 is 9.66 Å². The van der Waals surface area contributed by atoms with Gasteiger partial charge in [-0.3, -0.25) is 10.1 Å². The Morgan fingerprint density at radius 2 is 2.37 bits per heavy atom. The zero-order valence-corrected chi connectivity index (χ0v) is 10.9. The lowest BCUT2D eigenvalue weighted by Crippen LogP contribution is -2.41. The maximum atomic E-state index is 11.1. The van der Waals surface area contributed by atoms with E-state index in [1.165, 1.54) is 13.4 Å². The van der Waals surface area contributed by atoms with Crippen LogP contribution in [0.4, 0.5) is 11.5 Å². The van der Waals surface area contributed by atoms with Crippen LogP contribution in [0, 0.1) is 10.1 Å². The molecule has 8 nitrogen and oxygen atoms in total. The lowest BCUT2D eigenvalue weighted by atomic mass is 10.0. The SMILES string of the molecule is COc1ncnc(NC2CCNC(C)C2)c1[N+](=O)[O-]. The number of ether oxygens (including phenoxy) is 1. The van der Waals surface area contributed by atoms with E-state index >= 15 is 0 Å². The summed E-state index contributed by atoms with van der Waals surface area (Å²) in [5.41, 5.74) is -0.212. The molecular formula is C11H17N5O3. The molecule has 0 aliphatic carbocycles. The van der Waals surface area contributed by atoms with Crippen molar-refractivity contribution in [1.82, 2.24) is 15.3 Å². The van der Waals surface area contributed by atoms with Crippen molar-refractivity contribution in [1.29, 1.82) is 0 Å². The fourth-order valence-corrected chi connectivity index (χ4v) is 2.24. The Labute approximate surface area is 110 Å². The van der Waals surface area contributed by atoms with Crippen molar-refractivity contribution in [3.05, 3.63) is 16.4 Å².